The molecule has 126 valence electrons. The maximum atomic E-state index is 12.2. The number of para-hydroxylation sites is 1. The molecule has 1 aliphatic rings. The third-order valence-electron chi connectivity index (χ3n) is 3.66. The average molecular weight is 372 g/mol. The number of hydrogen-bond acceptors (Lipinski definition) is 7. The molecule has 0 aliphatic carbocycles. The summed E-state index contributed by atoms with van der Waals surface area (Å²) in [5.41, 5.74) is 1.32. The number of rotatable bonds is 4. The van der Waals surface area contributed by atoms with Crippen molar-refractivity contribution in [3.8, 4) is 17.2 Å². The Bertz CT molecular complexity index is 1090. The molecule has 6 nitrogen and oxygen atoms in total. The van der Waals surface area contributed by atoms with Crippen LogP contribution >= 0.6 is 11.8 Å². The number of benzene rings is 2. The van der Waals surface area contributed by atoms with Gasteiger partial charge in [-0.05, 0) is 30.0 Å². The molecular formula is C17H12N2O4S2. The number of ether oxygens (including phenoxy) is 1. The zero-order valence-corrected chi connectivity index (χ0v) is 14.7. The van der Waals surface area contributed by atoms with Gasteiger partial charge >= 0.3 is 0 Å². The molecule has 0 spiro atoms. The van der Waals surface area contributed by atoms with Gasteiger partial charge in [-0.2, -0.15) is 0 Å². The lowest BCUT2D eigenvalue weighted by molar-refractivity contribution is 0.411. The van der Waals surface area contributed by atoms with E-state index in [9.17, 15) is 8.42 Å². The van der Waals surface area contributed by atoms with Crippen molar-refractivity contribution in [2.45, 2.75) is 10.1 Å². The second-order valence-corrected chi connectivity index (χ2v) is 7.96. The molecule has 0 amide bonds. The maximum Gasteiger partial charge on any atom is 0.281 e. The fourth-order valence-electron chi connectivity index (χ4n) is 2.54. The van der Waals surface area contributed by atoms with E-state index in [1.807, 2.05) is 18.2 Å². The molecule has 2 heterocycles. The van der Waals surface area contributed by atoms with Crippen LogP contribution in [-0.4, -0.2) is 25.7 Å². The van der Waals surface area contributed by atoms with Crippen molar-refractivity contribution < 1.29 is 17.6 Å². The Hall–Kier alpha value is -2.58. The second-order valence-electron chi connectivity index (χ2n) is 5.20. The van der Waals surface area contributed by atoms with Gasteiger partial charge in [0.1, 0.15) is 5.75 Å². The molecule has 3 aromatic rings. The first kappa shape index (κ1) is 15.9. The Morgan fingerprint density at radius 3 is 2.52 bits per heavy atom. The Morgan fingerprint density at radius 1 is 1.00 bits per heavy atom. The topological polar surface area (TPSA) is 82.3 Å². The zero-order valence-electron chi connectivity index (χ0n) is 13.0. The van der Waals surface area contributed by atoms with Gasteiger partial charge in [-0.3, -0.25) is 0 Å². The maximum absolute atomic E-state index is 12.2. The third-order valence-corrected chi connectivity index (χ3v) is 6.22. The molecule has 0 fully saturated rings. The predicted molar refractivity (Wildman–Crippen MR) is 93.7 cm³/mol. The summed E-state index contributed by atoms with van der Waals surface area (Å²) in [7, 11) is -1.86. The van der Waals surface area contributed by atoms with E-state index in [1.54, 1.807) is 37.4 Å². The average Bonchev–Trinajstić information content (AvgIpc) is 3.18. The molecular weight excluding hydrogens is 360 g/mol. The van der Waals surface area contributed by atoms with Gasteiger partial charge in [0.2, 0.25) is 9.84 Å². The van der Waals surface area contributed by atoms with E-state index in [4.69, 9.17) is 9.15 Å². The van der Waals surface area contributed by atoms with Crippen LogP contribution in [-0.2, 0) is 9.84 Å². The standard InChI is InChI=1S/C17H12N2O4S2/c1-22-13-8-4-2-6-11(13)16-18-19-17(23-16)24-14-10-25(20,21)15-9-5-3-7-12(14)15/h2-10H,1H3. The molecule has 8 heteroatoms. The SMILES string of the molecule is COc1ccccc1-c1nnc(SC2=CS(=O)(=O)c3ccccc32)o1. The number of aromatic nitrogens is 2. The molecule has 0 N–H and O–H groups in total. The van der Waals surface area contributed by atoms with Crippen LogP contribution in [0.4, 0.5) is 0 Å². The number of hydrogen-bond donors (Lipinski definition) is 0. The van der Waals surface area contributed by atoms with Crippen molar-refractivity contribution in [3.05, 3.63) is 59.5 Å². The molecule has 0 radical (unpaired) electrons. The van der Waals surface area contributed by atoms with E-state index in [0.717, 1.165) is 11.8 Å². The first-order valence-electron chi connectivity index (χ1n) is 7.29. The van der Waals surface area contributed by atoms with Crippen LogP contribution < -0.4 is 4.74 Å². The monoisotopic (exact) mass is 372 g/mol. The van der Waals surface area contributed by atoms with Crippen molar-refractivity contribution in [2.75, 3.05) is 7.11 Å². The first-order chi connectivity index (χ1) is 12.1. The van der Waals surface area contributed by atoms with E-state index in [2.05, 4.69) is 10.2 Å². The molecule has 25 heavy (non-hydrogen) atoms. The molecule has 1 aromatic heterocycles. The van der Waals surface area contributed by atoms with Crippen molar-refractivity contribution in [2.24, 2.45) is 0 Å². The summed E-state index contributed by atoms with van der Waals surface area (Å²) in [6.45, 7) is 0. The quantitative estimate of drug-likeness (QED) is 0.691. The number of fused-ring (bicyclic) bond motifs is 1. The van der Waals surface area contributed by atoms with Crippen molar-refractivity contribution in [1.82, 2.24) is 10.2 Å². The van der Waals surface area contributed by atoms with Gasteiger partial charge in [-0.25, -0.2) is 8.42 Å². The van der Waals surface area contributed by atoms with Crippen LogP contribution in [0.15, 0.2) is 68.5 Å². The minimum atomic E-state index is -3.42. The Kier molecular flexibility index (Phi) is 3.85. The van der Waals surface area contributed by atoms with Crippen LogP contribution in [0.25, 0.3) is 16.4 Å². The van der Waals surface area contributed by atoms with Gasteiger partial charge in [0.05, 0.1) is 23.0 Å². The highest BCUT2D eigenvalue weighted by molar-refractivity contribution is 8.09. The van der Waals surface area contributed by atoms with Crippen molar-refractivity contribution in [3.63, 3.8) is 0 Å². The Morgan fingerprint density at radius 2 is 1.72 bits per heavy atom. The third kappa shape index (κ3) is 2.83. The minimum Gasteiger partial charge on any atom is -0.496 e. The van der Waals surface area contributed by atoms with E-state index < -0.39 is 9.84 Å². The molecule has 0 saturated heterocycles. The Balaban J connectivity index is 1.67. The first-order valence-corrected chi connectivity index (χ1v) is 9.66. The van der Waals surface area contributed by atoms with Gasteiger partial charge in [-0.1, -0.05) is 30.3 Å². The molecule has 0 atom stereocenters. The molecule has 0 unspecified atom stereocenters. The van der Waals surface area contributed by atoms with E-state index >= 15 is 0 Å². The van der Waals surface area contributed by atoms with E-state index in [1.165, 1.54) is 5.41 Å². The highest BCUT2D eigenvalue weighted by Gasteiger charge is 2.28. The van der Waals surface area contributed by atoms with Gasteiger partial charge in [0, 0.05) is 10.5 Å². The zero-order chi connectivity index (χ0) is 17.4. The Labute approximate surface area is 148 Å². The molecule has 1 aliphatic heterocycles. The van der Waals surface area contributed by atoms with Crippen LogP contribution in [0.2, 0.25) is 0 Å². The van der Waals surface area contributed by atoms with Crippen LogP contribution in [0, 0.1) is 0 Å². The normalized spacial score (nSPS) is 14.8. The molecule has 2 aromatic carbocycles. The molecule has 4 rings (SSSR count). The smallest absolute Gasteiger partial charge is 0.281 e. The lowest BCUT2D eigenvalue weighted by atomic mass is 10.2. The second kappa shape index (κ2) is 6.05. The van der Waals surface area contributed by atoms with E-state index in [-0.39, 0.29) is 5.22 Å². The summed E-state index contributed by atoms with van der Waals surface area (Å²) < 4.78 is 35.4. The number of methoxy groups -OCH3 is 1. The summed E-state index contributed by atoms with van der Waals surface area (Å²) in [5.74, 6) is 0.936. The summed E-state index contributed by atoms with van der Waals surface area (Å²) in [5, 5.41) is 9.54. The largest absolute Gasteiger partial charge is 0.496 e. The fraction of sp³-hybridized carbons (Fsp3) is 0.0588. The van der Waals surface area contributed by atoms with Crippen LogP contribution in [0.1, 0.15) is 5.56 Å². The summed E-state index contributed by atoms with van der Waals surface area (Å²) >= 11 is 1.13. The minimum absolute atomic E-state index is 0.263. The summed E-state index contributed by atoms with van der Waals surface area (Å²) in [6, 6.07) is 14.1. The van der Waals surface area contributed by atoms with Gasteiger partial charge < -0.3 is 9.15 Å². The molecule has 0 saturated carbocycles. The van der Waals surface area contributed by atoms with Crippen LogP contribution in [0.3, 0.4) is 0 Å². The summed E-state index contributed by atoms with van der Waals surface area (Å²) in [6.07, 6.45) is 0. The lowest BCUT2D eigenvalue weighted by Gasteiger charge is -2.03. The van der Waals surface area contributed by atoms with E-state index in [0.29, 0.717) is 32.6 Å². The van der Waals surface area contributed by atoms with Crippen molar-refractivity contribution in [1.29, 1.82) is 0 Å². The van der Waals surface area contributed by atoms with Crippen LogP contribution in [0.5, 0.6) is 5.75 Å². The van der Waals surface area contributed by atoms with Gasteiger partial charge in [0.25, 0.3) is 11.1 Å². The summed E-state index contributed by atoms with van der Waals surface area (Å²) in [4.78, 5) is 0.854. The number of thioether (sulfide) groups is 1. The lowest BCUT2D eigenvalue weighted by Crippen LogP contribution is -1.91. The predicted octanol–water partition coefficient (Wildman–Crippen LogP) is 3.62. The highest BCUT2D eigenvalue weighted by atomic mass is 32.2. The molecule has 0 bridgehead atoms. The highest BCUT2D eigenvalue weighted by Crippen LogP contribution is 2.43. The number of sulfone groups is 1. The number of nitrogens with zero attached hydrogens (tertiary/aromatic N) is 2. The van der Waals surface area contributed by atoms with Crippen molar-refractivity contribution >= 4 is 26.5 Å². The fourth-order valence-corrected chi connectivity index (χ4v) is 5.14. The van der Waals surface area contributed by atoms with Gasteiger partial charge in [0.15, 0.2) is 0 Å². The van der Waals surface area contributed by atoms with Gasteiger partial charge in [-0.15, -0.1) is 10.2 Å².